The van der Waals surface area contributed by atoms with E-state index in [1.54, 1.807) is 25.5 Å². The predicted molar refractivity (Wildman–Crippen MR) is 157 cm³/mol. The molecule has 0 radical (unpaired) electrons. The van der Waals surface area contributed by atoms with Gasteiger partial charge in [-0.2, -0.15) is 0 Å². The molecule has 5 rings (SSSR count). The monoisotopic (exact) mass is 546 g/mol. The topological polar surface area (TPSA) is 154 Å². The van der Waals surface area contributed by atoms with Gasteiger partial charge in [-0.3, -0.25) is 9.78 Å². The number of anilines is 3. The Bertz CT molecular complexity index is 1400. The van der Waals surface area contributed by atoms with Gasteiger partial charge in [0, 0.05) is 37.8 Å². The molecule has 2 aliphatic rings. The number of nitrogens with two attached hydrogens (primary N) is 2. The molecule has 40 heavy (non-hydrogen) atoms. The molecular weight excluding hydrogens is 508 g/mol. The molecule has 11 nitrogen and oxygen atoms in total. The number of carbonyl (C=O) groups is 2. The smallest absolute Gasteiger partial charge is 0.407 e. The van der Waals surface area contributed by atoms with E-state index in [0.29, 0.717) is 30.4 Å². The number of benzene rings is 1. The minimum Gasteiger partial charge on any atom is -0.465 e. The summed E-state index contributed by atoms with van der Waals surface area (Å²) in [7, 11) is 3.70. The van der Waals surface area contributed by atoms with Crippen LogP contribution in [0.4, 0.5) is 21.9 Å². The molecule has 2 aromatic heterocycles. The maximum absolute atomic E-state index is 13.5. The van der Waals surface area contributed by atoms with Crippen molar-refractivity contribution in [3.8, 4) is 0 Å². The summed E-state index contributed by atoms with van der Waals surface area (Å²) in [4.78, 5) is 39.6. The van der Waals surface area contributed by atoms with Gasteiger partial charge in [0.1, 0.15) is 0 Å². The van der Waals surface area contributed by atoms with Crippen molar-refractivity contribution in [3.63, 3.8) is 0 Å². The first-order valence-corrected chi connectivity index (χ1v) is 13.7. The SMILES string of the molecule is C[C@H]1CN(c2ccncc2NC(=O)c2nc3cc(C4CCN(C)CC4)ccc3cc2N)C[C@@H](N)[C@H]1N(C)C(=O)O. The van der Waals surface area contributed by atoms with Gasteiger partial charge in [0.2, 0.25) is 0 Å². The fourth-order valence-corrected chi connectivity index (χ4v) is 6.23. The second-order valence-electron chi connectivity index (χ2n) is 11.2. The number of likely N-dealkylation sites (N-methyl/N-ethyl adjacent to an activating group) is 1. The average molecular weight is 547 g/mol. The highest BCUT2D eigenvalue weighted by Gasteiger charge is 2.37. The number of nitrogens with one attached hydrogen (secondary N) is 1. The molecule has 2 aliphatic heterocycles. The number of hydrogen-bond donors (Lipinski definition) is 4. The van der Waals surface area contributed by atoms with Crippen LogP contribution in [-0.2, 0) is 0 Å². The number of rotatable bonds is 5. The molecule has 3 aromatic rings. The second kappa shape index (κ2) is 11.3. The van der Waals surface area contributed by atoms with Crippen LogP contribution in [0.2, 0.25) is 0 Å². The zero-order valence-electron chi connectivity index (χ0n) is 23.2. The number of nitrogens with zero attached hydrogens (tertiary/aromatic N) is 5. The van der Waals surface area contributed by atoms with Crippen molar-refractivity contribution >= 4 is 40.0 Å². The second-order valence-corrected chi connectivity index (χ2v) is 11.2. The fourth-order valence-electron chi connectivity index (χ4n) is 6.23. The van der Waals surface area contributed by atoms with Crippen LogP contribution < -0.4 is 21.7 Å². The summed E-state index contributed by atoms with van der Waals surface area (Å²) in [6.07, 6.45) is 4.44. The van der Waals surface area contributed by atoms with Gasteiger partial charge in [0.25, 0.3) is 5.91 Å². The fraction of sp³-hybridized carbons (Fsp3) is 0.448. The molecule has 4 heterocycles. The van der Waals surface area contributed by atoms with E-state index in [0.717, 1.165) is 42.5 Å². The zero-order chi connectivity index (χ0) is 28.6. The van der Waals surface area contributed by atoms with Gasteiger partial charge in [0.15, 0.2) is 5.69 Å². The van der Waals surface area contributed by atoms with Crippen LogP contribution in [0.15, 0.2) is 42.7 Å². The van der Waals surface area contributed by atoms with Gasteiger partial charge in [-0.1, -0.05) is 19.1 Å². The van der Waals surface area contributed by atoms with Crippen LogP contribution in [0.25, 0.3) is 10.9 Å². The van der Waals surface area contributed by atoms with Crippen molar-refractivity contribution in [3.05, 3.63) is 54.0 Å². The lowest BCUT2D eigenvalue weighted by Crippen LogP contribution is -2.62. The Morgan fingerprint density at radius 2 is 1.90 bits per heavy atom. The lowest BCUT2D eigenvalue weighted by Gasteiger charge is -2.45. The van der Waals surface area contributed by atoms with Crippen LogP contribution in [-0.4, -0.2) is 89.2 Å². The molecule has 0 bridgehead atoms. The summed E-state index contributed by atoms with van der Waals surface area (Å²) in [5, 5.41) is 13.3. The van der Waals surface area contributed by atoms with E-state index in [4.69, 9.17) is 16.5 Å². The van der Waals surface area contributed by atoms with Crippen LogP contribution >= 0.6 is 0 Å². The third kappa shape index (κ3) is 5.52. The van der Waals surface area contributed by atoms with Crippen molar-refractivity contribution in [1.29, 1.82) is 0 Å². The first kappa shape index (κ1) is 27.6. The van der Waals surface area contributed by atoms with Gasteiger partial charge in [-0.05, 0) is 68.6 Å². The lowest BCUT2D eigenvalue weighted by atomic mass is 9.89. The number of hydrogen-bond acceptors (Lipinski definition) is 8. The molecule has 2 saturated heterocycles. The Morgan fingerprint density at radius 1 is 1.15 bits per heavy atom. The molecule has 0 saturated carbocycles. The highest BCUT2D eigenvalue weighted by Crippen LogP contribution is 2.33. The number of likely N-dealkylation sites (tertiary alicyclic amines) is 1. The van der Waals surface area contributed by atoms with Crippen molar-refractivity contribution in [2.45, 2.75) is 37.8 Å². The number of nitrogen functional groups attached to an aromatic ring is 1. The van der Waals surface area contributed by atoms with E-state index >= 15 is 0 Å². The molecular formula is C29H38N8O3. The highest BCUT2D eigenvalue weighted by molar-refractivity contribution is 6.09. The highest BCUT2D eigenvalue weighted by atomic mass is 16.4. The molecule has 3 atom stereocenters. The van der Waals surface area contributed by atoms with Crippen LogP contribution in [0.3, 0.4) is 0 Å². The van der Waals surface area contributed by atoms with E-state index in [9.17, 15) is 14.7 Å². The molecule has 0 aliphatic carbocycles. The van der Waals surface area contributed by atoms with E-state index < -0.39 is 18.0 Å². The van der Waals surface area contributed by atoms with Gasteiger partial charge in [-0.15, -0.1) is 0 Å². The summed E-state index contributed by atoms with van der Waals surface area (Å²) in [5.41, 5.74) is 16.5. The van der Waals surface area contributed by atoms with E-state index in [-0.39, 0.29) is 17.7 Å². The van der Waals surface area contributed by atoms with Crippen molar-refractivity contribution in [2.75, 3.05) is 56.2 Å². The van der Waals surface area contributed by atoms with Gasteiger partial charge >= 0.3 is 6.09 Å². The largest absolute Gasteiger partial charge is 0.465 e. The van der Waals surface area contributed by atoms with Gasteiger partial charge < -0.3 is 36.6 Å². The van der Waals surface area contributed by atoms with Crippen molar-refractivity contribution in [1.82, 2.24) is 19.8 Å². The maximum Gasteiger partial charge on any atom is 0.407 e. The molecule has 0 unspecified atom stereocenters. The van der Waals surface area contributed by atoms with E-state index in [1.165, 1.54) is 10.5 Å². The molecule has 2 amide bonds. The van der Waals surface area contributed by atoms with E-state index in [1.807, 2.05) is 19.1 Å². The lowest BCUT2D eigenvalue weighted by molar-refractivity contribution is 0.102. The number of pyridine rings is 2. The Morgan fingerprint density at radius 3 is 2.60 bits per heavy atom. The van der Waals surface area contributed by atoms with Crippen LogP contribution in [0.1, 0.15) is 41.7 Å². The Labute approximate surface area is 234 Å². The molecule has 0 spiro atoms. The number of aromatic nitrogens is 2. The summed E-state index contributed by atoms with van der Waals surface area (Å²) in [6.45, 7) is 5.11. The Kier molecular flexibility index (Phi) is 7.77. The molecule has 1 aromatic carbocycles. The summed E-state index contributed by atoms with van der Waals surface area (Å²) >= 11 is 0. The van der Waals surface area contributed by atoms with E-state index in [2.05, 4.69) is 39.3 Å². The summed E-state index contributed by atoms with van der Waals surface area (Å²) < 4.78 is 0. The normalized spacial score (nSPS) is 22.3. The Hall–Kier alpha value is -3.96. The first-order valence-electron chi connectivity index (χ1n) is 13.7. The third-order valence-electron chi connectivity index (χ3n) is 8.37. The summed E-state index contributed by atoms with van der Waals surface area (Å²) in [5.74, 6) is 0.0256. The molecule has 212 valence electrons. The zero-order valence-corrected chi connectivity index (χ0v) is 23.2. The molecule has 11 heteroatoms. The number of piperidine rings is 2. The maximum atomic E-state index is 13.5. The number of carbonyl (C=O) groups excluding carboxylic acids is 1. The molecule has 6 N–H and O–H groups in total. The van der Waals surface area contributed by atoms with Crippen molar-refractivity contribution in [2.24, 2.45) is 11.7 Å². The first-order chi connectivity index (χ1) is 19.1. The minimum atomic E-state index is -1.00. The quantitative estimate of drug-likeness (QED) is 0.378. The predicted octanol–water partition coefficient (Wildman–Crippen LogP) is 3.04. The average Bonchev–Trinajstić information content (AvgIpc) is 2.92. The van der Waals surface area contributed by atoms with Gasteiger partial charge in [0.05, 0.1) is 34.8 Å². The summed E-state index contributed by atoms with van der Waals surface area (Å²) in [6, 6.07) is 9.16. The van der Waals surface area contributed by atoms with Gasteiger partial charge in [-0.25, -0.2) is 9.78 Å². The number of carboxylic acid groups (broad SMARTS) is 1. The van der Waals surface area contributed by atoms with Crippen LogP contribution in [0, 0.1) is 5.92 Å². The standard InChI is InChI=1S/C29H38N8O3/c1-17-15-37(16-22(31)27(17)36(3)29(39)40)25-6-9-32-14-24(25)34-28(38)26-21(30)12-20-5-4-19(13-23(20)33-26)18-7-10-35(2)11-8-18/h4-6,9,12-14,17-18,22,27H,7-8,10-11,15-16,30-31H2,1-3H3,(H,34,38)(H,39,40)/t17-,22+,27-/m0/s1. The minimum absolute atomic E-state index is 0.0295. The number of fused-ring (bicyclic) bond motifs is 1. The third-order valence-corrected chi connectivity index (χ3v) is 8.37. The number of amides is 2. The van der Waals surface area contributed by atoms with Crippen LogP contribution in [0.5, 0.6) is 0 Å². The van der Waals surface area contributed by atoms with Crippen molar-refractivity contribution < 1.29 is 14.7 Å². The molecule has 2 fully saturated rings. The Balaban J connectivity index is 1.37.